The second kappa shape index (κ2) is 14.2. The van der Waals surface area contributed by atoms with E-state index in [-0.39, 0.29) is 34.6 Å². The molecule has 0 spiro atoms. The topological polar surface area (TPSA) is 92.9 Å². The Morgan fingerprint density at radius 1 is 0.889 bits per heavy atom. The number of carboxylic acid groups (broad SMARTS) is 1. The normalized spacial score (nSPS) is 11.1. The minimum absolute atomic E-state index is 0.0104. The molecule has 0 atom stereocenters. The summed E-state index contributed by atoms with van der Waals surface area (Å²) >= 11 is 19.6. The van der Waals surface area contributed by atoms with Crippen molar-refractivity contribution in [3.8, 4) is 17.0 Å². The molecule has 0 bridgehead atoms. The Bertz CT molecular complexity index is 1820. The number of halogens is 3. The number of nitrogens with zero attached hydrogens (tertiary/aromatic N) is 2. The Hall–Kier alpha value is -4.30. The highest BCUT2D eigenvalue weighted by molar-refractivity contribution is 6.39. The maximum absolute atomic E-state index is 13.9. The first-order valence-corrected chi connectivity index (χ1v) is 15.3. The van der Waals surface area contributed by atoms with E-state index in [1.54, 1.807) is 48.5 Å². The molecule has 5 rings (SSSR count). The SMILES string of the molecule is CC(C)c1onc(-c2c(Cl)cccc2Cl)c1COc1ccc(C(=O)N(CCc2ccccc2)c2cccc(C(=O)O)c2)c(Cl)c1. The van der Waals surface area contributed by atoms with Gasteiger partial charge in [-0.1, -0.05) is 96.3 Å². The number of carbonyl (C=O) groups excluding carboxylic acids is 1. The summed E-state index contributed by atoms with van der Waals surface area (Å²) in [6, 6.07) is 26.0. The number of rotatable bonds is 11. The van der Waals surface area contributed by atoms with Crippen LogP contribution in [0.1, 0.15) is 57.4 Å². The minimum Gasteiger partial charge on any atom is -0.489 e. The second-order valence-electron chi connectivity index (χ2n) is 10.6. The molecule has 0 fully saturated rings. The zero-order valence-electron chi connectivity index (χ0n) is 24.5. The van der Waals surface area contributed by atoms with Gasteiger partial charge < -0.3 is 19.3 Å². The van der Waals surface area contributed by atoms with E-state index in [2.05, 4.69) is 5.16 Å². The largest absolute Gasteiger partial charge is 0.489 e. The standard InChI is InChI=1S/C35H29Cl3N2O5/c1-21(2)33-27(32(39-45-33)31-28(36)12-7-13-29(31)37)20-44-25-14-15-26(30(38)19-25)34(41)40(17-16-22-8-4-3-5-9-22)24-11-6-10-23(18-24)35(42)43/h3-15,18-19,21H,16-17,20H2,1-2H3,(H,42,43). The first-order valence-electron chi connectivity index (χ1n) is 14.2. The quantitative estimate of drug-likeness (QED) is 0.151. The van der Waals surface area contributed by atoms with Gasteiger partial charge in [0, 0.05) is 23.7 Å². The van der Waals surface area contributed by atoms with Gasteiger partial charge in [-0.2, -0.15) is 0 Å². The highest BCUT2D eigenvalue weighted by atomic mass is 35.5. The summed E-state index contributed by atoms with van der Waals surface area (Å²) < 4.78 is 11.8. The van der Waals surface area contributed by atoms with Crippen molar-refractivity contribution >= 4 is 52.4 Å². The fraction of sp³-hybridized carbons (Fsp3) is 0.171. The first-order chi connectivity index (χ1) is 21.6. The van der Waals surface area contributed by atoms with E-state index in [1.807, 2.05) is 44.2 Å². The van der Waals surface area contributed by atoms with Crippen LogP contribution in [-0.4, -0.2) is 28.7 Å². The molecule has 230 valence electrons. The Labute approximate surface area is 275 Å². The fourth-order valence-electron chi connectivity index (χ4n) is 4.94. The minimum atomic E-state index is -1.08. The van der Waals surface area contributed by atoms with E-state index in [9.17, 15) is 14.7 Å². The number of benzene rings is 4. The van der Waals surface area contributed by atoms with E-state index in [1.165, 1.54) is 17.0 Å². The number of aromatic nitrogens is 1. The van der Waals surface area contributed by atoms with Crippen molar-refractivity contribution in [1.82, 2.24) is 5.16 Å². The number of carbonyl (C=O) groups is 2. The van der Waals surface area contributed by atoms with Gasteiger partial charge >= 0.3 is 5.97 Å². The molecule has 45 heavy (non-hydrogen) atoms. The van der Waals surface area contributed by atoms with Gasteiger partial charge in [0.25, 0.3) is 5.91 Å². The fourth-order valence-corrected chi connectivity index (χ4v) is 5.76. The van der Waals surface area contributed by atoms with Crippen LogP contribution in [0.3, 0.4) is 0 Å². The zero-order valence-corrected chi connectivity index (χ0v) is 26.7. The molecule has 0 unspecified atom stereocenters. The maximum Gasteiger partial charge on any atom is 0.335 e. The number of ether oxygens (including phenoxy) is 1. The Morgan fingerprint density at radius 3 is 2.27 bits per heavy atom. The predicted molar refractivity (Wildman–Crippen MR) is 177 cm³/mol. The van der Waals surface area contributed by atoms with Crippen LogP contribution < -0.4 is 9.64 Å². The summed E-state index contributed by atoms with van der Waals surface area (Å²) in [6.07, 6.45) is 0.553. The van der Waals surface area contributed by atoms with E-state index >= 15 is 0 Å². The summed E-state index contributed by atoms with van der Waals surface area (Å²) in [5.74, 6) is -0.387. The summed E-state index contributed by atoms with van der Waals surface area (Å²) in [7, 11) is 0. The van der Waals surface area contributed by atoms with Crippen LogP contribution in [0.5, 0.6) is 5.75 Å². The molecule has 5 aromatic rings. The first kappa shape index (κ1) is 32.1. The number of hydrogen-bond donors (Lipinski definition) is 1. The van der Waals surface area contributed by atoms with Gasteiger partial charge in [0.1, 0.15) is 23.8 Å². The number of anilines is 1. The van der Waals surface area contributed by atoms with Crippen LogP contribution in [-0.2, 0) is 13.0 Å². The molecule has 1 N–H and O–H groups in total. The molecule has 0 saturated heterocycles. The molecule has 7 nitrogen and oxygen atoms in total. The third kappa shape index (κ3) is 7.34. The summed E-state index contributed by atoms with van der Waals surface area (Å²) in [5, 5.41) is 14.9. The third-order valence-electron chi connectivity index (χ3n) is 7.21. The lowest BCUT2D eigenvalue weighted by atomic mass is 10.0. The molecule has 0 aliphatic rings. The average molecular weight is 664 g/mol. The lowest BCUT2D eigenvalue weighted by Crippen LogP contribution is -2.33. The highest BCUT2D eigenvalue weighted by Crippen LogP contribution is 2.39. The van der Waals surface area contributed by atoms with Gasteiger partial charge in [0.15, 0.2) is 0 Å². The Kier molecular flexibility index (Phi) is 10.1. The lowest BCUT2D eigenvalue weighted by Gasteiger charge is -2.24. The van der Waals surface area contributed by atoms with Crippen molar-refractivity contribution in [2.75, 3.05) is 11.4 Å². The lowest BCUT2D eigenvalue weighted by molar-refractivity contribution is 0.0696. The molecule has 0 aliphatic heterocycles. The molecule has 1 aromatic heterocycles. The van der Waals surface area contributed by atoms with Crippen molar-refractivity contribution < 1.29 is 24.0 Å². The Morgan fingerprint density at radius 2 is 1.60 bits per heavy atom. The molecule has 0 saturated carbocycles. The van der Waals surface area contributed by atoms with Crippen LogP contribution >= 0.6 is 34.8 Å². The van der Waals surface area contributed by atoms with Gasteiger partial charge in [-0.05, 0) is 60.5 Å². The molecular formula is C35H29Cl3N2O5. The number of hydrogen-bond acceptors (Lipinski definition) is 5. The average Bonchev–Trinajstić information content (AvgIpc) is 3.44. The van der Waals surface area contributed by atoms with Crippen LogP contribution in [0.15, 0.2) is 95.5 Å². The van der Waals surface area contributed by atoms with Crippen molar-refractivity contribution in [3.63, 3.8) is 0 Å². The van der Waals surface area contributed by atoms with E-state index < -0.39 is 5.97 Å². The monoisotopic (exact) mass is 662 g/mol. The second-order valence-corrected chi connectivity index (χ2v) is 11.8. The summed E-state index contributed by atoms with van der Waals surface area (Å²) in [5.41, 5.74) is 3.54. The van der Waals surface area contributed by atoms with E-state index in [0.29, 0.717) is 57.0 Å². The third-order valence-corrected chi connectivity index (χ3v) is 8.16. The van der Waals surface area contributed by atoms with Crippen LogP contribution in [0, 0.1) is 0 Å². The number of amides is 1. The molecule has 0 aliphatic carbocycles. The Balaban J connectivity index is 1.41. The molecule has 4 aromatic carbocycles. The van der Waals surface area contributed by atoms with Gasteiger partial charge in [-0.3, -0.25) is 4.79 Å². The number of aromatic carboxylic acids is 1. The molecule has 1 amide bonds. The molecule has 10 heteroatoms. The van der Waals surface area contributed by atoms with Gasteiger partial charge in [0.2, 0.25) is 0 Å². The summed E-state index contributed by atoms with van der Waals surface area (Å²) in [6.45, 7) is 4.35. The maximum atomic E-state index is 13.9. The smallest absolute Gasteiger partial charge is 0.335 e. The zero-order chi connectivity index (χ0) is 32.1. The van der Waals surface area contributed by atoms with Crippen molar-refractivity contribution in [2.24, 2.45) is 0 Å². The van der Waals surface area contributed by atoms with Crippen LogP contribution in [0.25, 0.3) is 11.3 Å². The van der Waals surface area contributed by atoms with Crippen LogP contribution in [0.4, 0.5) is 5.69 Å². The van der Waals surface area contributed by atoms with Gasteiger partial charge in [-0.25, -0.2) is 4.79 Å². The van der Waals surface area contributed by atoms with E-state index in [0.717, 1.165) is 5.56 Å². The van der Waals surface area contributed by atoms with Crippen LogP contribution in [0.2, 0.25) is 15.1 Å². The predicted octanol–water partition coefficient (Wildman–Crippen LogP) is 9.59. The molecule has 1 heterocycles. The van der Waals surface area contributed by atoms with Crippen molar-refractivity contribution in [1.29, 1.82) is 0 Å². The molecule has 0 radical (unpaired) electrons. The van der Waals surface area contributed by atoms with Crippen molar-refractivity contribution in [2.45, 2.75) is 32.8 Å². The summed E-state index contributed by atoms with van der Waals surface area (Å²) in [4.78, 5) is 27.1. The number of carboxylic acids is 1. The molecular weight excluding hydrogens is 635 g/mol. The highest BCUT2D eigenvalue weighted by Gasteiger charge is 2.25. The van der Waals surface area contributed by atoms with Crippen molar-refractivity contribution in [3.05, 3.63) is 134 Å². The van der Waals surface area contributed by atoms with Gasteiger partial charge in [0.05, 0.1) is 31.8 Å². The van der Waals surface area contributed by atoms with Gasteiger partial charge in [-0.15, -0.1) is 0 Å². The van der Waals surface area contributed by atoms with E-state index in [4.69, 9.17) is 44.1 Å².